The molecule has 2 aliphatic carbocycles. The second kappa shape index (κ2) is 8.32. The predicted octanol–water partition coefficient (Wildman–Crippen LogP) is 4.33. The summed E-state index contributed by atoms with van der Waals surface area (Å²) in [5.41, 5.74) is 2.35. The molecule has 0 aromatic carbocycles. The molecular weight excluding hydrogens is 302 g/mol. The van der Waals surface area contributed by atoms with Gasteiger partial charge in [0.05, 0.1) is 6.04 Å². The zero-order chi connectivity index (χ0) is 17.7. The number of Topliss-reactive ketones (excluding diaryl/α,β-unsaturated/α-hetero) is 1. The van der Waals surface area contributed by atoms with Gasteiger partial charge >= 0.3 is 6.09 Å². The van der Waals surface area contributed by atoms with Crippen LogP contribution < -0.4 is 5.32 Å². The molecule has 1 saturated carbocycles. The third kappa shape index (κ3) is 4.37. The van der Waals surface area contributed by atoms with Gasteiger partial charge in [0.2, 0.25) is 0 Å². The van der Waals surface area contributed by atoms with Gasteiger partial charge in [-0.3, -0.25) is 4.79 Å². The molecule has 1 N–H and O–H groups in total. The Morgan fingerprint density at radius 2 is 2.00 bits per heavy atom. The van der Waals surface area contributed by atoms with E-state index in [4.69, 9.17) is 4.74 Å². The topological polar surface area (TPSA) is 55.4 Å². The van der Waals surface area contributed by atoms with E-state index in [2.05, 4.69) is 24.9 Å². The van der Waals surface area contributed by atoms with Crippen LogP contribution in [0, 0.1) is 11.8 Å². The summed E-state index contributed by atoms with van der Waals surface area (Å²) in [5, 5.41) is 2.82. The molecule has 4 atom stereocenters. The Hall–Kier alpha value is -1.84. The number of allylic oxidation sites excluding steroid dienone is 5. The maximum Gasteiger partial charge on any atom is 0.408 e. The molecule has 1 amide bonds. The largest absolute Gasteiger partial charge is 0.446 e. The quantitative estimate of drug-likeness (QED) is 0.788. The zero-order valence-electron chi connectivity index (χ0n) is 15.0. The second-order valence-corrected chi connectivity index (χ2v) is 7.01. The van der Waals surface area contributed by atoms with Crippen molar-refractivity contribution in [1.82, 2.24) is 5.32 Å². The highest BCUT2D eigenvalue weighted by atomic mass is 16.6. The smallest absolute Gasteiger partial charge is 0.408 e. The van der Waals surface area contributed by atoms with E-state index in [0.717, 1.165) is 37.7 Å². The molecule has 0 spiro atoms. The minimum absolute atomic E-state index is 0.0263. The van der Waals surface area contributed by atoms with Crippen LogP contribution in [0.3, 0.4) is 0 Å². The lowest BCUT2D eigenvalue weighted by atomic mass is 9.92. The summed E-state index contributed by atoms with van der Waals surface area (Å²) in [4.78, 5) is 24.3. The predicted molar refractivity (Wildman–Crippen MR) is 95.6 cm³/mol. The third-order valence-corrected chi connectivity index (χ3v) is 5.21. The minimum atomic E-state index is -0.507. The molecule has 0 saturated heterocycles. The van der Waals surface area contributed by atoms with E-state index in [1.54, 1.807) is 0 Å². The van der Waals surface area contributed by atoms with Gasteiger partial charge in [0.25, 0.3) is 0 Å². The molecule has 0 radical (unpaired) electrons. The van der Waals surface area contributed by atoms with Gasteiger partial charge in [-0.05, 0) is 68.9 Å². The number of carbonyl (C=O) groups excluding carboxylic acids is 2. The number of ketones is 1. The molecule has 0 heterocycles. The molecule has 0 aromatic rings. The minimum Gasteiger partial charge on any atom is -0.446 e. The van der Waals surface area contributed by atoms with Gasteiger partial charge < -0.3 is 10.1 Å². The monoisotopic (exact) mass is 331 g/mol. The molecule has 24 heavy (non-hydrogen) atoms. The van der Waals surface area contributed by atoms with Crippen molar-refractivity contribution in [2.45, 2.75) is 65.0 Å². The van der Waals surface area contributed by atoms with Crippen LogP contribution in [0.15, 0.2) is 36.0 Å². The number of rotatable bonds is 6. The Labute approximate surface area is 145 Å². The highest BCUT2D eigenvalue weighted by Gasteiger charge is 2.34. The Morgan fingerprint density at radius 3 is 2.54 bits per heavy atom. The number of alkyl carbamates (subject to hydrolysis) is 1. The summed E-state index contributed by atoms with van der Waals surface area (Å²) in [6, 6.07) is -0.507. The molecule has 0 aliphatic heterocycles. The SMILES string of the molecule is C=CC1=C(/C=C\C)CC(C(NC(=O)OC2CCCC2C)C(C)=O)C1. The van der Waals surface area contributed by atoms with Gasteiger partial charge in [-0.25, -0.2) is 4.79 Å². The van der Waals surface area contributed by atoms with Crippen molar-refractivity contribution < 1.29 is 14.3 Å². The average Bonchev–Trinajstić information content (AvgIpc) is 3.11. The van der Waals surface area contributed by atoms with E-state index >= 15 is 0 Å². The molecule has 132 valence electrons. The van der Waals surface area contributed by atoms with Gasteiger partial charge in [0.1, 0.15) is 6.10 Å². The highest BCUT2D eigenvalue weighted by Crippen LogP contribution is 2.35. The van der Waals surface area contributed by atoms with Crippen molar-refractivity contribution in [3.63, 3.8) is 0 Å². The van der Waals surface area contributed by atoms with E-state index in [1.165, 1.54) is 12.5 Å². The van der Waals surface area contributed by atoms with E-state index < -0.39 is 12.1 Å². The number of nitrogens with one attached hydrogen (secondary N) is 1. The van der Waals surface area contributed by atoms with E-state index in [9.17, 15) is 9.59 Å². The van der Waals surface area contributed by atoms with Crippen molar-refractivity contribution >= 4 is 11.9 Å². The van der Waals surface area contributed by atoms with Crippen LogP contribution in [0.4, 0.5) is 4.79 Å². The van der Waals surface area contributed by atoms with Gasteiger partial charge in [0, 0.05) is 0 Å². The van der Waals surface area contributed by atoms with Gasteiger partial charge in [-0.15, -0.1) is 0 Å². The van der Waals surface area contributed by atoms with Crippen molar-refractivity contribution in [3.8, 4) is 0 Å². The molecule has 4 heteroatoms. The van der Waals surface area contributed by atoms with Crippen LogP contribution in [0.2, 0.25) is 0 Å². The lowest BCUT2D eigenvalue weighted by molar-refractivity contribution is -0.120. The Balaban J connectivity index is 1.99. The standard InChI is InChI=1S/C20H29NO3/c1-5-8-16-12-17(11-15(16)6-2)19(14(4)22)21-20(23)24-18-10-7-9-13(18)3/h5-6,8,13,17-19H,2,7,9-12H2,1,3-4H3,(H,21,23)/b8-5-. The number of hydrogen-bond acceptors (Lipinski definition) is 3. The molecule has 2 aliphatic rings. The first kappa shape index (κ1) is 18.5. The van der Waals surface area contributed by atoms with Gasteiger partial charge in [-0.1, -0.05) is 31.7 Å². The first-order chi connectivity index (χ1) is 11.5. The maximum absolute atomic E-state index is 12.2. The van der Waals surface area contributed by atoms with Crippen LogP contribution in [-0.4, -0.2) is 24.0 Å². The number of hydrogen-bond donors (Lipinski definition) is 1. The van der Waals surface area contributed by atoms with Gasteiger partial charge in [0.15, 0.2) is 5.78 Å². The van der Waals surface area contributed by atoms with Crippen LogP contribution in [0.5, 0.6) is 0 Å². The average molecular weight is 331 g/mol. The molecule has 4 nitrogen and oxygen atoms in total. The van der Waals surface area contributed by atoms with E-state index in [-0.39, 0.29) is 17.8 Å². The second-order valence-electron chi connectivity index (χ2n) is 7.01. The Kier molecular flexibility index (Phi) is 6.41. The Bertz CT molecular complexity index is 561. The summed E-state index contributed by atoms with van der Waals surface area (Å²) in [6.07, 6.45) is 10.0. The fraction of sp³-hybridized carbons (Fsp3) is 0.600. The van der Waals surface area contributed by atoms with Crippen molar-refractivity contribution in [2.24, 2.45) is 11.8 Å². The summed E-state index contributed by atoms with van der Waals surface area (Å²) in [5.74, 6) is 0.435. The van der Waals surface area contributed by atoms with Crippen molar-refractivity contribution in [1.29, 1.82) is 0 Å². The zero-order valence-corrected chi connectivity index (χ0v) is 15.0. The number of amides is 1. The summed E-state index contributed by atoms with van der Waals surface area (Å²) in [7, 11) is 0. The third-order valence-electron chi connectivity index (χ3n) is 5.21. The van der Waals surface area contributed by atoms with Crippen molar-refractivity contribution in [2.75, 3.05) is 0 Å². The molecule has 2 rings (SSSR count). The lowest BCUT2D eigenvalue weighted by Gasteiger charge is -2.24. The highest BCUT2D eigenvalue weighted by molar-refractivity contribution is 5.86. The maximum atomic E-state index is 12.2. The summed E-state index contributed by atoms with van der Waals surface area (Å²) < 4.78 is 5.54. The van der Waals surface area contributed by atoms with Crippen LogP contribution in [0.1, 0.15) is 52.9 Å². The van der Waals surface area contributed by atoms with Crippen LogP contribution in [-0.2, 0) is 9.53 Å². The first-order valence-corrected chi connectivity index (χ1v) is 8.91. The molecule has 1 fully saturated rings. The number of ether oxygens (including phenoxy) is 1. The van der Waals surface area contributed by atoms with Crippen molar-refractivity contribution in [3.05, 3.63) is 36.0 Å². The number of carbonyl (C=O) groups is 2. The van der Waals surface area contributed by atoms with E-state index in [1.807, 2.05) is 19.1 Å². The summed E-state index contributed by atoms with van der Waals surface area (Å²) >= 11 is 0. The normalized spacial score (nSPS) is 28.2. The lowest BCUT2D eigenvalue weighted by Crippen LogP contribution is -2.45. The summed E-state index contributed by atoms with van der Waals surface area (Å²) in [6.45, 7) is 9.47. The molecule has 4 unspecified atom stereocenters. The van der Waals surface area contributed by atoms with Crippen LogP contribution >= 0.6 is 0 Å². The van der Waals surface area contributed by atoms with Gasteiger partial charge in [-0.2, -0.15) is 0 Å². The fourth-order valence-electron chi connectivity index (χ4n) is 3.86. The Morgan fingerprint density at radius 1 is 1.29 bits per heavy atom. The first-order valence-electron chi connectivity index (χ1n) is 8.91. The molecular formula is C20H29NO3. The fourth-order valence-corrected chi connectivity index (χ4v) is 3.86. The molecule has 0 aromatic heterocycles. The van der Waals surface area contributed by atoms with E-state index in [0.29, 0.717) is 5.92 Å². The van der Waals surface area contributed by atoms with Crippen LogP contribution in [0.25, 0.3) is 0 Å². The molecule has 0 bridgehead atoms.